The maximum absolute atomic E-state index is 10.9. The van der Waals surface area contributed by atoms with Gasteiger partial charge in [-0.2, -0.15) is 0 Å². The summed E-state index contributed by atoms with van der Waals surface area (Å²) >= 11 is 0. The first-order valence-electron chi connectivity index (χ1n) is 6.48. The molecule has 0 atom stereocenters. The van der Waals surface area contributed by atoms with Crippen molar-refractivity contribution < 1.29 is 9.90 Å². The molecule has 0 bridgehead atoms. The Bertz CT molecular complexity index is 611. The Morgan fingerprint density at radius 2 is 1.90 bits per heavy atom. The monoisotopic (exact) mass is 270 g/mol. The number of aryl methyl sites for hydroxylation is 1. The van der Waals surface area contributed by atoms with Crippen molar-refractivity contribution in [2.24, 2.45) is 0 Å². The van der Waals surface area contributed by atoms with E-state index in [1.54, 1.807) is 6.07 Å². The van der Waals surface area contributed by atoms with Crippen LogP contribution in [0.3, 0.4) is 0 Å². The highest BCUT2D eigenvalue weighted by molar-refractivity contribution is 5.85. The molecule has 4 heteroatoms. The minimum Gasteiger partial charge on any atom is -0.477 e. The molecule has 20 heavy (non-hydrogen) atoms. The fraction of sp³-hybridized carbons (Fsp3) is 0.250. The van der Waals surface area contributed by atoms with Crippen LogP contribution in [0.4, 0.5) is 0 Å². The van der Waals surface area contributed by atoms with Crippen LogP contribution in [0.15, 0.2) is 42.5 Å². The molecule has 0 aliphatic rings. The second-order valence-electron chi connectivity index (χ2n) is 4.92. The Morgan fingerprint density at radius 3 is 2.60 bits per heavy atom. The number of hydrogen-bond acceptors (Lipinski definition) is 3. The molecule has 1 aromatic carbocycles. The second-order valence-corrected chi connectivity index (χ2v) is 4.92. The average Bonchev–Trinajstić information content (AvgIpc) is 2.41. The number of hydrogen-bond donors (Lipinski definition) is 1. The quantitative estimate of drug-likeness (QED) is 0.907. The maximum Gasteiger partial charge on any atom is 0.354 e. The van der Waals surface area contributed by atoms with Gasteiger partial charge in [0, 0.05) is 13.1 Å². The number of aromatic carboxylic acids is 1. The van der Waals surface area contributed by atoms with Gasteiger partial charge in [0.15, 0.2) is 0 Å². The Hall–Kier alpha value is -2.20. The second kappa shape index (κ2) is 6.30. The van der Waals surface area contributed by atoms with Crippen molar-refractivity contribution in [1.29, 1.82) is 0 Å². The van der Waals surface area contributed by atoms with Crippen LogP contribution in [0.25, 0.3) is 0 Å². The molecule has 0 saturated carbocycles. The predicted molar refractivity (Wildman–Crippen MR) is 77.5 cm³/mol. The smallest absolute Gasteiger partial charge is 0.354 e. The lowest BCUT2D eigenvalue weighted by Gasteiger charge is -2.17. The van der Waals surface area contributed by atoms with Gasteiger partial charge in [0.2, 0.25) is 0 Å². The van der Waals surface area contributed by atoms with E-state index in [2.05, 4.69) is 28.9 Å². The number of nitrogens with zero attached hydrogens (tertiary/aromatic N) is 2. The molecular weight excluding hydrogens is 252 g/mol. The Labute approximate surface area is 118 Å². The summed E-state index contributed by atoms with van der Waals surface area (Å²) in [7, 11) is 2.00. The lowest BCUT2D eigenvalue weighted by atomic mass is 10.1. The van der Waals surface area contributed by atoms with E-state index < -0.39 is 5.97 Å². The molecule has 1 N–H and O–H groups in total. The highest BCUT2D eigenvalue weighted by Gasteiger charge is 2.08. The lowest BCUT2D eigenvalue weighted by Crippen LogP contribution is -2.19. The third kappa shape index (κ3) is 3.65. The van der Waals surface area contributed by atoms with Gasteiger partial charge < -0.3 is 5.11 Å². The van der Waals surface area contributed by atoms with Gasteiger partial charge in [-0.3, -0.25) is 4.90 Å². The first-order chi connectivity index (χ1) is 9.56. The van der Waals surface area contributed by atoms with Gasteiger partial charge in [-0.15, -0.1) is 0 Å². The van der Waals surface area contributed by atoms with Crippen LogP contribution < -0.4 is 0 Å². The molecule has 2 rings (SSSR count). The van der Waals surface area contributed by atoms with Crippen LogP contribution in [-0.2, 0) is 13.1 Å². The van der Waals surface area contributed by atoms with E-state index in [0.717, 1.165) is 12.2 Å². The van der Waals surface area contributed by atoms with Crippen molar-refractivity contribution in [3.63, 3.8) is 0 Å². The highest BCUT2D eigenvalue weighted by Crippen LogP contribution is 2.11. The summed E-state index contributed by atoms with van der Waals surface area (Å²) < 4.78 is 0. The zero-order chi connectivity index (χ0) is 14.5. The number of benzene rings is 1. The van der Waals surface area contributed by atoms with Gasteiger partial charge in [0.25, 0.3) is 0 Å². The van der Waals surface area contributed by atoms with Crippen LogP contribution in [0, 0.1) is 6.92 Å². The van der Waals surface area contributed by atoms with Crippen molar-refractivity contribution in [1.82, 2.24) is 9.88 Å². The molecule has 0 amide bonds. The van der Waals surface area contributed by atoms with E-state index in [1.807, 2.05) is 25.2 Å². The van der Waals surface area contributed by atoms with E-state index >= 15 is 0 Å². The third-order valence-corrected chi connectivity index (χ3v) is 3.16. The van der Waals surface area contributed by atoms with Gasteiger partial charge in [0.1, 0.15) is 5.69 Å². The molecule has 0 saturated heterocycles. The number of pyridine rings is 1. The molecule has 1 heterocycles. The van der Waals surface area contributed by atoms with E-state index in [9.17, 15) is 4.79 Å². The first kappa shape index (κ1) is 14.2. The first-order valence-corrected chi connectivity index (χ1v) is 6.48. The van der Waals surface area contributed by atoms with Crippen molar-refractivity contribution in [2.45, 2.75) is 20.0 Å². The van der Waals surface area contributed by atoms with E-state index in [4.69, 9.17) is 5.11 Å². The Kier molecular flexibility index (Phi) is 4.48. The normalized spacial score (nSPS) is 10.8. The molecule has 0 unspecified atom stereocenters. The standard InChI is InChI=1S/C16H18N2O2/c1-12-6-3-4-7-13(12)10-18(2)11-14-8-5-9-15(17-14)16(19)20/h3-9H,10-11H2,1-2H3,(H,19,20). The fourth-order valence-electron chi connectivity index (χ4n) is 2.10. The molecule has 0 fully saturated rings. The number of carbonyl (C=O) groups is 1. The van der Waals surface area contributed by atoms with Crippen molar-refractivity contribution in [3.05, 3.63) is 65.0 Å². The number of rotatable bonds is 5. The van der Waals surface area contributed by atoms with Crippen LogP contribution in [0.5, 0.6) is 0 Å². The van der Waals surface area contributed by atoms with Crippen molar-refractivity contribution in [2.75, 3.05) is 7.05 Å². The van der Waals surface area contributed by atoms with Gasteiger partial charge in [-0.1, -0.05) is 30.3 Å². The van der Waals surface area contributed by atoms with E-state index in [1.165, 1.54) is 17.2 Å². The summed E-state index contributed by atoms with van der Waals surface area (Å²) in [4.78, 5) is 17.2. The zero-order valence-electron chi connectivity index (χ0n) is 11.7. The van der Waals surface area contributed by atoms with Crippen LogP contribution in [-0.4, -0.2) is 28.0 Å². The largest absolute Gasteiger partial charge is 0.477 e. The summed E-state index contributed by atoms with van der Waals surface area (Å²) in [5.74, 6) is -0.992. The molecule has 0 aliphatic heterocycles. The molecule has 104 valence electrons. The van der Waals surface area contributed by atoms with Crippen molar-refractivity contribution in [3.8, 4) is 0 Å². The summed E-state index contributed by atoms with van der Waals surface area (Å²) in [6.07, 6.45) is 0. The molecule has 2 aromatic rings. The average molecular weight is 270 g/mol. The van der Waals surface area contributed by atoms with Gasteiger partial charge >= 0.3 is 5.97 Å². The minimum atomic E-state index is -0.992. The van der Waals surface area contributed by atoms with Gasteiger partial charge in [-0.25, -0.2) is 9.78 Å². The molecule has 0 radical (unpaired) electrons. The minimum absolute atomic E-state index is 0.0896. The summed E-state index contributed by atoms with van der Waals surface area (Å²) in [5.41, 5.74) is 3.38. The predicted octanol–water partition coefficient (Wildman–Crippen LogP) is 2.72. The number of carboxylic acids is 1. The van der Waals surface area contributed by atoms with E-state index in [0.29, 0.717) is 6.54 Å². The van der Waals surface area contributed by atoms with Crippen molar-refractivity contribution >= 4 is 5.97 Å². The van der Waals surface area contributed by atoms with Crippen LogP contribution in [0.2, 0.25) is 0 Å². The lowest BCUT2D eigenvalue weighted by molar-refractivity contribution is 0.0690. The van der Waals surface area contributed by atoms with Gasteiger partial charge in [0.05, 0.1) is 5.69 Å². The summed E-state index contributed by atoms with van der Waals surface area (Å²) in [5, 5.41) is 8.94. The third-order valence-electron chi connectivity index (χ3n) is 3.16. The molecular formula is C16H18N2O2. The van der Waals surface area contributed by atoms with Crippen LogP contribution >= 0.6 is 0 Å². The molecule has 0 aliphatic carbocycles. The Morgan fingerprint density at radius 1 is 1.15 bits per heavy atom. The molecule has 4 nitrogen and oxygen atoms in total. The summed E-state index contributed by atoms with van der Waals surface area (Å²) in [6, 6.07) is 13.3. The fourth-order valence-corrected chi connectivity index (χ4v) is 2.10. The molecule has 0 spiro atoms. The number of carboxylic acid groups (broad SMARTS) is 1. The molecule has 1 aromatic heterocycles. The maximum atomic E-state index is 10.9. The van der Waals surface area contributed by atoms with E-state index in [-0.39, 0.29) is 5.69 Å². The van der Waals surface area contributed by atoms with Gasteiger partial charge in [-0.05, 0) is 37.2 Å². The SMILES string of the molecule is Cc1ccccc1CN(C)Cc1cccc(C(=O)O)n1. The summed E-state index contributed by atoms with van der Waals surface area (Å²) in [6.45, 7) is 3.52. The topological polar surface area (TPSA) is 53.4 Å². The van der Waals surface area contributed by atoms with Crippen LogP contribution in [0.1, 0.15) is 27.3 Å². The zero-order valence-corrected chi connectivity index (χ0v) is 11.7. The number of aromatic nitrogens is 1. The highest BCUT2D eigenvalue weighted by atomic mass is 16.4. The Balaban J connectivity index is 2.05.